The number of nitrogens with one attached hydrogen (secondary N) is 1. The standard InChI is InChI=1S/C19H13Cl2N3O4S2/c1-23(12-4-2-11(20)3-5-12)30(27,28)13-6-7-15(21)16(10-13)24-18(25)14-8-9-29-17(14)22-19(24)26/h2-10H,1H3,(H,22,26). The summed E-state index contributed by atoms with van der Waals surface area (Å²) in [6.45, 7) is 0. The molecule has 0 spiro atoms. The van der Waals surface area contributed by atoms with Gasteiger partial charge in [0, 0.05) is 12.1 Å². The average Bonchev–Trinajstić information content (AvgIpc) is 3.18. The number of hydrogen-bond acceptors (Lipinski definition) is 5. The van der Waals surface area contributed by atoms with Crippen LogP contribution in [-0.2, 0) is 10.0 Å². The number of aromatic nitrogens is 2. The fraction of sp³-hybridized carbons (Fsp3) is 0.0526. The molecule has 0 aliphatic heterocycles. The van der Waals surface area contributed by atoms with E-state index >= 15 is 0 Å². The molecule has 1 N–H and O–H groups in total. The van der Waals surface area contributed by atoms with Crippen LogP contribution in [-0.4, -0.2) is 25.0 Å². The Morgan fingerprint density at radius 2 is 1.73 bits per heavy atom. The maximum Gasteiger partial charge on any atom is 0.334 e. The molecular weight excluding hydrogens is 469 g/mol. The molecule has 0 fully saturated rings. The van der Waals surface area contributed by atoms with Crippen LogP contribution in [0.3, 0.4) is 0 Å². The number of anilines is 1. The molecule has 0 atom stereocenters. The highest BCUT2D eigenvalue weighted by molar-refractivity contribution is 7.92. The first-order valence-electron chi connectivity index (χ1n) is 8.47. The Labute approximate surface area is 184 Å². The van der Waals surface area contributed by atoms with Crippen molar-refractivity contribution in [1.29, 1.82) is 0 Å². The molecular formula is C19H13Cl2N3O4S2. The lowest BCUT2D eigenvalue weighted by Gasteiger charge is -2.20. The predicted octanol–water partition coefficient (Wildman–Crippen LogP) is 3.87. The molecule has 2 aromatic carbocycles. The van der Waals surface area contributed by atoms with Crippen molar-refractivity contribution in [3.63, 3.8) is 0 Å². The van der Waals surface area contributed by atoms with E-state index in [-0.39, 0.29) is 15.6 Å². The Kier molecular flexibility index (Phi) is 5.23. The SMILES string of the molecule is CN(c1ccc(Cl)cc1)S(=O)(=O)c1ccc(Cl)c(-n2c(=O)[nH]c3sccc3c2=O)c1. The van der Waals surface area contributed by atoms with Crippen LogP contribution in [0.15, 0.2) is 68.4 Å². The Morgan fingerprint density at radius 3 is 2.43 bits per heavy atom. The van der Waals surface area contributed by atoms with Crippen LogP contribution in [0.2, 0.25) is 10.0 Å². The molecule has 0 saturated heterocycles. The van der Waals surface area contributed by atoms with Crippen LogP contribution in [0.25, 0.3) is 15.9 Å². The van der Waals surface area contributed by atoms with Gasteiger partial charge in [0.05, 0.1) is 26.7 Å². The van der Waals surface area contributed by atoms with Crippen molar-refractivity contribution in [1.82, 2.24) is 9.55 Å². The molecule has 2 aromatic heterocycles. The molecule has 30 heavy (non-hydrogen) atoms. The Bertz CT molecular complexity index is 1490. The average molecular weight is 482 g/mol. The molecule has 2 heterocycles. The van der Waals surface area contributed by atoms with Crippen molar-refractivity contribution in [2.75, 3.05) is 11.4 Å². The van der Waals surface area contributed by atoms with Gasteiger partial charge in [-0.25, -0.2) is 17.8 Å². The van der Waals surface area contributed by atoms with Crippen molar-refractivity contribution >= 4 is 60.5 Å². The van der Waals surface area contributed by atoms with Gasteiger partial charge in [-0.3, -0.25) is 14.1 Å². The van der Waals surface area contributed by atoms with Crippen LogP contribution in [0.4, 0.5) is 5.69 Å². The van der Waals surface area contributed by atoms with Crippen LogP contribution in [0.1, 0.15) is 0 Å². The highest BCUT2D eigenvalue weighted by Crippen LogP contribution is 2.28. The molecule has 0 unspecified atom stereocenters. The Morgan fingerprint density at radius 1 is 1.03 bits per heavy atom. The third-order valence-electron chi connectivity index (χ3n) is 4.53. The first kappa shape index (κ1) is 20.7. The first-order chi connectivity index (χ1) is 14.2. The molecule has 4 rings (SSSR count). The summed E-state index contributed by atoms with van der Waals surface area (Å²) >= 11 is 13.3. The predicted molar refractivity (Wildman–Crippen MR) is 120 cm³/mol. The topological polar surface area (TPSA) is 92.2 Å². The molecule has 0 bridgehead atoms. The zero-order valence-electron chi connectivity index (χ0n) is 15.3. The fourth-order valence-corrected chi connectivity index (χ4v) is 5.24. The summed E-state index contributed by atoms with van der Waals surface area (Å²) < 4.78 is 28.2. The number of thiophene rings is 1. The lowest BCUT2D eigenvalue weighted by Crippen LogP contribution is -2.33. The lowest BCUT2D eigenvalue weighted by molar-refractivity contribution is 0.594. The van der Waals surface area contributed by atoms with E-state index < -0.39 is 21.3 Å². The third kappa shape index (κ3) is 3.43. The molecule has 0 radical (unpaired) electrons. The third-order valence-corrected chi connectivity index (χ3v) is 7.71. The quantitative estimate of drug-likeness (QED) is 0.478. The monoisotopic (exact) mass is 481 g/mol. The van der Waals surface area contributed by atoms with Gasteiger partial charge in [-0.15, -0.1) is 11.3 Å². The molecule has 0 saturated carbocycles. The first-order valence-corrected chi connectivity index (χ1v) is 11.5. The van der Waals surface area contributed by atoms with Crippen molar-refractivity contribution in [2.24, 2.45) is 0 Å². The number of sulfonamides is 1. The molecule has 0 amide bonds. The number of fused-ring (bicyclic) bond motifs is 1. The van der Waals surface area contributed by atoms with Crippen molar-refractivity contribution in [3.8, 4) is 5.69 Å². The van der Waals surface area contributed by atoms with Gasteiger partial charge in [0.15, 0.2) is 0 Å². The highest BCUT2D eigenvalue weighted by atomic mass is 35.5. The summed E-state index contributed by atoms with van der Waals surface area (Å²) in [5.41, 5.74) is -0.929. The van der Waals surface area contributed by atoms with Crippen molar-refractivity contribution in [3.05, 3.63) is 84.8 Å². The summed E-state index contributed by atoms with van der Waals surface area (Å²) in [6.07, 6.45) is 0. The van der Waals surface area contributed by atoms with Gasteiger partial charge < -0.3 is 0 Å². The minimum Gasteiger partial charge on any atom is -0.298 e. The summed E-state index contributed by atoms with van der Waals surface area (Å²) in [5, 5.41) is 2.52. The molecule has 0 aliphatic rings. The summed E-state index contributed by atoms with van der Waals surface area (Å²) in [6, 6.07) is 11.7. The van der Waals surface area contributed by atoms with E-state index in [0.29, 0.717) is 20.9 Å². The van der Waals surface area contributed by atoms with Crippen molar-refractivity contribution in [2.45, 2.75) is 4.90 Å². The van der Waals surface area contributed by atoms with E-state index in [1.807, 2.05) is 0 Å². The smallest absolute Gasteiger partial charge is 0.298 e. The molecule has 4 aromatic rings. The van der Waals surface area contributed by atoms with Crippen molar-refractivity contribution < 1.29 is 8.42 Å². The number of halogens is 2. The Balaban J connectivity index is 1.88. The second-order valence-electron chi connectivity index (χ2n) is 6.30. The van der Waals surface area contributed by atoms with Gasteiger partial charge in [0.1, 0.15) is 4.83 Å². The van der Waals surface area contributed by atoms with Gasteiger partial charge in [-0.2, -0.15) is 0 Å². The fourth-order valence-electron chi connectivity index (χ4n) is 2.93. The number of H-pyrrole nitrogens is 1. The minimum absolute atomic E-state index is 0.0263. The van der Waals surface area contributed by atoms with Gasteiger partial charge >= 0.3 is 5.69 Å². The number of benzene rings is 2. The second-order valence-corrected chi connectivity index (χ2v) is 10.0. The number of aromatic amines is 1. The van der Waals surface area contributed by atoms with E-state index in [4.69, 9.17) is 23.2 Å². The summed E-state index contributed by atoms with van der Waals surface area (Å²) in [7, 11) is -2.61. The highest BCUT2D eigenvalue weighted by Gasteiger charge is 2.24. The minimum atomic E-state index is -4.00. The summed E-state index contributed by atoms with van der Waals surface area (Å²) in [4.78, 5) is 28.3. The van der Waals surface area contributed by atoms with E-state index in [9.17, 15) is 18.0 Å². The maximum atomic E-state index is 13.1. The zero-order valence-corrected chi connectivity index (χ0v) is 18.4. The molecule has 154 valence electrons. The van der Waals surface area contributed by atoms with Crippen LogP contribution in [0, 0.1) is 0 Å². The Hall–Kier alpha value is -2.59. The van der Waals surface area contributed by atoms with E-state index in [0.717, 1.165) is 8.87 Å². The molecule has 11 heteroatoms. The van der Waals surface area contributed by atoms with Gasteiger partial charge in [-0.1, -0.05) is 23.2 Å². The zero-order chi connectivity index (χ0) is 21.6. The largest absolute Gasteiger partial charge is 0.334 e. The normalized spacial score (nSPS) is 11.7. The van der Waals surface area contributed by atoms with Gasteiger partial charge in [-0.05, 0) is 53.9 Å². The summed E-state index contributed by atoms with van der Waals surface area (Å²) in [5.74, 6) is 0. The molecule has 7 nitrogen and oxygen atoms in total. The van der Waals surface area contributed by atoms with E-state index in [2.05, 4.69) is 4.98 Å². The number of rotatable bonds is 4. The van der Waals surface area contributed by atoms with Crippen LogP contribution in [0.5, 0.6) is 0 Å². The number of hydrogen-bond donors (Lipinski definition) is 1. The molecule has 0 aliphatic carbocycles. The van der Waals surface area contributed by atoms with E-state index in [1.54, 1.807) is 35.7 Å². The van der Waals surface area contributed by atoms with Gasteiger partial charge in [0.2, 0.25) is 0 Å². The van der Waals surface area contributed by atoms with Crippen LogP contribution >= 0.6 is 34.5 Å². The lowest BCUT2D eigenvalue weighted by atomic mass is 10.3. The maximum absolute atomic E-state index is 13.1. The van der Waals surface area contributed by atoms with Crippen LogP contribution < -0.4 is 15.6 Å². The second kappa shape index (κ2) is 7.59. The van der Waals surface area contributed by atoms with Gasteiger partial charge in [0.25, 0.3) is 15.6 Å². The van der Waals surface area contributed by atoms with E-state index in [1.165, 1.54) is 36.6 Å². The number of nitrogens with zero attached hydrogens (tertiary/aromatic N) is 2.